The van der Waals surface area contributed by atoms with Crippen LogP contribution in [0.3, 0.4) is 0 Å². The van der Waals surface area contributed by atoms with Crippen molar-refractivity contribution in [3.05, 3.63) is 35.0 Å². The summed E-state index contributed by atoms with van der Waals surface area (Å²) in [5, 5.41) is 8.49. The minimum atomic E-state index is -0.660. The van der Waals surface area contributed by atoms with Crippen molar-refractivity contribution < 1.29 is 23.9 Å². The maximum atomic E-state index is 13.3. The molecule has 0 aromatic heterocycles. The first kappa shape index (κ1) is 24.1. The van der Waals surface area contributed by atoms with E-state index >= 15 is 0 Å². The Bertz CT molecular complexity index is 1020. The minimum Gasteiger partial charge on any atom is -0.493 e. The van der Waals surface area contributed by atoms with Crippen LogP contribution < -0.4 is 25.4 Å². The van der Waals surface area contributed by atoms with Crippen molar-refractivity contribution in [2.75, 3.05) is 13.7 Å². The predicted octanol–water partition coefficient (Wildman–Crippen LogP) is 3.77. The summed E-state index contributed by atoms with van der Waals surface area (Å²) >= 11 is 0. The Morgan fingerprint density at radius 1 is 1.03 bits per heavy atom. The maximum absolute atomic E-state index is 13.3. The number of nitrogens with one attached hydrogen (secondary N) is 3. The lowest BCUT2D eigenvalue weighted by Crippen LogP contribution is -2.66. The van der Waals surface area contributed by atoms with Crippen LogP contribution in [0.5, 0.6) is 11.5 Å². The third kappa shape index (κ3) is 4.76. The summed E-state index contributed by atoms with van der Waals surface area (Å²) in [4.78, 5) is 38.4. The molecule has 3 amide bonds. The zero-order chi connectivity index (χ0) is 24.5. The molecule has 1 aromatic rings. The molecule has 0 saturated carbocycles. The molecule has 184 valence electrons. The van der Waals surface area contributed by atoms with E-state index < -0.39 is 29.9 Å². The third-order valence-electron chi connectivity index (χ3n) is 6.91. The molecule has 8 nitrogen and oxygen atoms in total. The fourth-order valence-electron chi connectivity index (χ4n) is 5.36. The number of methoxy groups -OCH3 is 1. The van der Waals surface area contributed by atoms with E-state index in [0.717, 1.165) is 30.5 Å². The fourth-order valence-corrected chi connectivity index (χ4v) is 5.36. The molecule has 3 atom stereocenters. The summed E-state index contributed by atoms with van der Waals surface area (Å²) in [6, 6.07) is 5.07. The highest BCUT2D eigenvalue weighted by Crippen LogP contribution is 2.48. The lowest BCUT2D eigenvalue weighted by Gasteiger charge is -2.46. The predicted molar refractivity (Wildman–Crippen MR) is 128 cm³/mol. The van der Waals surface area contributed by atoms with Gasteiger partial charge in [0.05, 0.1) is 19.6 Å². The molecule has 2 heterocycles. The minimum absolute atomic E-state index is 0.0297. The van der Waals surface area contributed by atoms with Crippen LogP contribution in [-0.2, 0) is 9.59 Å². The Balaban J connectivity index is 1.70. The number of allylic oxidation sites excluding steroid dienone is 2. The van der Waals surface area contributed by atoms with Gasteiger partial charge in [-0.2, -0.15) is 0 Å². The highest BCUT2D eigenvalue weighted by atomic mass is 16.5. The van der Waals surface area contributed by atoms with Crippen molar-refractivity contribution in [2.45, 2.75) is 71.4 Å². The molecule has 4 rings (SSSR count). The largest absolute Gasteiger partial charge is 0.493 e. The number of hydrogen-bond acceptors (Lipinski definition) is 6. The molecule has 0 spiro atoms. The Labute approximate surface area is 200 Å². The number of ether oxygens (including phenoxy) is 2. The molecule has 1 aliphatic carbocycles. The molecule has 1 fully saturated rings. The molecule has 8 heteroatoms. The molecule has 3 aliphatic rings. The summed E-state index contributed by atoms with van der Waals surface area (Å²) in [7, 11) is 1.58. The van der Waals surface area contributed by atoms with Gasteiger partial charge in [0, 0.05) is 23.6 Å². The van der Waals surface area contributed by atoms with Crippen LogP contribution in [0.2, 0.25) is 0 Å². The summed E-state index contributed by atoms with van der Waals surface area (Å²) < 4.78 is 11.6. The van der Waals surface area contributed by atoms with Gasteiger partial charge in [-0.1, -0.05) is 46.1 Å². The fraction of sp³-hybridized carbons (Fsp3) is 0.577. The van der Waals surface area contributed by atoms with Crippen LogP contribution in [0.15, 0.2) is 29.5 Å². The van der Waals surface area contributed by atoms with Crippen LogP contribution in [0, 0.1) is 11.3 Å². The number of hydrogen-bond donors (Lipinski definition) is 3. The molecule has 1 aromatic carbocycles. The molecule has 3 N–H and O–H groups in total. The molecule has 0 radical (unpaired) electrons. The van der Waals surface area contributed by atoms with E-state index in [9.17, 15) is 14.4 Å². The van der Waals surface area contributed by atoms with Gasteiger partial charge in [0.15, 0.2) is 17.3 Å². The third-order valence-corrected chi connectivity index (χ3v) is 6.91. The van der Waals surface area contributed by atoms with Gasteiger partial charge in [0.25, 0.3) is 0 Å². The number of ketones is 1. The van der Waals surface area contributed by atoms with Crippen molar-refractivity contribution in [1.29, 1.82) is 0 Å². The summed E-state index contributed by atoms with van der Waals surface area (Å²) in [6.07, 6.45) is 4.92. The first-order chi connectivity index (χ1) is 16.2. The van der Waals surface area contributed by atoms with Gasteiger partial charge in [-0.25, -0.2) is 4.79 Å². The Morgan fingerprint density at radius 3 is 2.56 bits per heavy atom. The first-order valence-electron chi connectivity index (χ1n) is 12.2. The highest BCUT2D eigenvalue weighted by molar-refractivity contribution is 6.04. The van der Waals surface area contributed by atoms with E-state index in [2.05, 4.69) is 36.7 Å². The summed E-state index contributed by atoms with van der Waals surface area (Å²) in [5.41, 5.74) is 2.02. The van der Waals surface area contributed by atoms with E-state index in [-0.39, 0.29) is 11.2 Å². The van der Waals surface area contributed by atoms with Crippen LogP contribution in [0.25, 0.3) is 0 Å². The molecule has 3 unspecified atom stereocenters. The van der Waals surface area contributed by atoms with E-state index in [0.29, 0.717) is 36.5 Å². The molecule has 0 bridgehead atoms. The number of carbonyl (C=O) groups is 3. The van der Waals surface area contributed by atoms with Gasteiger partial charge < -0.3 is 20.1 Å². The van der Waals surface area contributed by atoms with Gasteiger partial charge in [-0.05, 0) is 36.0 Å². The number of unbranched alkanes of at least 4 members (excludes halogenated alkanes) is 3. The standard InChI is InChI=1S/C26H35N3O5/c1-5-6-7-8-11-34-18-10-9-15(12-19(18)33-4)20-21-16(13-26(2,3)14-17(21)30)27-23-22(20)24(31)29-25(32)28-23/h9-10,12,20,22-23,27H,5-8,11,13-14H2,1-4H3,(H2,28,29,31,32). The average molecular weight is 470 g/mol. The van der Waals surface area contributed by atoms with Crippen LogP contribution >= 0.6 is 0 Å². The Kier molecular flexibility index (Phi) is 6.86. The molecule has 34 heavy (non-hydrogen) atoms. The SMILES string of the molecule is CCCCCCOc1ccc(C2C3=C(CC(C)(C)CC3=O)NC3NC(=O)NC(=O)C32)cc1OC. The van der Waals surface area contributed by atoms with Crippen molar-refractivity contribution in [2.24, 2.45) is 11.3 Å². The molecular weight excluding hydrogens is 434 g/mol. The van der Waals surface area contributed by atoms with Crippen molar-refractivity contribution in [1.82, 2.24) is 16.0 Å². The summed E-state index contributed by atoms with van der Waals surface area (Å²) in [5.74, 6) is -0.327. The van der Waals surface area contributed by atoms with E-state index in [1.165, 1.54) is 6.42 Å². The second-order valence-electron chi connectivity index (χ2n) is 10.2. The van der Waals surface area contributed by atoms with Crippen molar-refractivity contribution in [3.8, 4) is 11.5 Å². The van der Waals surface area contributed by atoms with Gasteiger partial charge in [-0.15, -0.1) is 0 Å². The topological polar surface area (TPSA) is 106 Å². The summed E-state index contributed by atoms with van der Waals surface area (Å²) in [6.45, 7) is 6.88. The Hall–Kier alpha value is -3.03. The second kappa shape index (κ2) is 9.68. The van der Waals surface area contributed by atoms with Gasteiger partial charge in [0.2, 0.25) is 5.91 Å². The lowest BCUT2D eigenvalue weighted by atomic mass is 9.66. The number of benzene rings is 1. The zero-order valence-corrected chi connectivity index (χ0v) is 20.5. The number of Topliss-reactive ketones (excluding diaryl/α,β-unsaturated/α-hetero) is 1. The number of rotatable bonds is 8. The normalized spacial score (nSPS) is 25.5. The van der Waals surface area contributed by atoms with E-state index in [1.807, 2.05) is 18.2 Å². The molecule has 2 aliphatic heterocycles. The van der Waals surface area contributed by atoms with Crippen LogP contribution in [0.1, 0.15) is 70.8 Å². The monoisotopic (exact) mass is 469 g/mol. The zero-order valence-electron chi connectivity index (χ0n) is 20.5. The Morgan fingerprint density at radius 2 is 1.82 bits per heavy atom. The van der Waals surface area contributed by atoms with Gasteiger partial charge >= 0.3 is 6.03 Å². The average Bonchev–Trinajstić information content (AvgIpc) is 2.76. The number of amides is 3. The van der Waals surface area contributed by atoms with Gasteiger partial charge in [0.1, 0.15) is 6.17 Å². The quantitative estimate of drug-likeness (QED) is 0.501. The lowest BCUT2D eigenvalue weighted by molar-refractivity contribution is -0.127. The second-order valence-corrected chi connectivity index (χ2v) is 10.2. The van der Waals surface area contributed by atoms with Crippen molar-refractivity contribution >= 4 is 17.7 Å². The van der Waals surface area contributed by atoms with Gasteiger partial charge in [-0.3, -0.25) is 14.9 Å². The number of imide groups is 1. The highest BCUT2D eigenvalue weighted by Gasteiger charge is 2.51. The maximum Gasteiger partial charge on any atom is 0.323 e. The molecule has 1 saturated heterocycles. The number of urea groups is 1. The van der Waals surface area contributed by atoms with Crippen molar-refractivity contribution in [3.63, 3.8) is 0 Å². The first-order valence-corrected chi connectivity index (χ1v) is 12.2. The smallest absolute Gasteiger partial charge is 0.323 e. The van der Waals surface area contributed by atoms with Crippen LogP contribution in [0.4, 0.5) is 4.79 Å². The molecular formula is C26H35N3O5. The number of fused-ring (bicyclic) bond motifs is 1. The number of carbonyl (C=O) groups excluding carboxylic acids is 3. The van der Waals surface area contributed by atoms with Crippen LogP contribution in [-0.4, -0.2) is 37.6 Å². The van der Waals surface area contributed by atoms with E-state index in [4.69, 9.17) is 9.47 Å². The van der Waals surface area contributed by atoms with E-state index in [1.54, 1.807) is 7.11 Å².